The zero-order valence-electron chi connectivity index (χ0n) is 7.80. The normalized spacial score (nSPS) is 30.8. The molecule has 0 aromatic carbocycles. The van der Waals surface area contributed by atoms with E-state index in [0.29, 0.717) is 6.04 Å². The summed E-state index contributed by atoms with van der Waals surface area (Å²) in [5, 5.41) is 12.3. The molecule has 0 spiro atoms. The van der Waals surface area contributed by atoms with Gasteiger partial charge in [-0.1, -0.05) is 0 Å². The average Bonchev–Trinajstić information content (AvgIpc) is 2.58. The molecule has 1 heterocycles. The first-order chi connectivity index (χ1) is 5.81. The predicted molar refractivity (Wildman–Crippen MR) is 49.5 cm³/mol. The molecular formula is C10H19NO. The molecule has 2 nitrogen and oxygen atoms in total. The Morgan fingerprint density at radius 3 is 2.00 bits per heavy atom. The standard InChI is InChI=1S/C10H19NO/c12-11(8-4-1-5-9-11)10-6-2-3-7-10/h10H,1-9H2. The molecule has 2 fully saturated rings. The van der Waals surface area contributed by atoms with Crippen molar-refractivity contribution in [3.8, 4) is 0 Å². The van der Waals surface area contributed by atoms with Crippen LogP contribution in [0.15, 0.2) is 0 Å². The quantitative estimate of drug-likeness (QED) is 0.436. The van der Waals surface area contributed by atoms with E-state index in [0.717, 1.165) is 13.1 Å². The number of hydroxylamine groups is 3. The molecule has 0 unspecified atom stereocenters. The van der Waals surface area contributed by atoms with Crippen LogP contribution >= 0.6 is 0 Å². The van der Waals surface area contributed by atoms with Gasteiger partial charge in [0.15, 0.2) is 0 Å². The van der Waals surface area contributed by atoms with E-state index in [2.05, 4.69) is 0 Å². The highest BCUT2D eigenvalue weighted by molar-refractivity contribution is 4.71. The van der Waals surface area contributed by atoms with E-state index in [1.54, 1.807) is 0 Å². The van der Waals surface area contributed by atoms with Crippen molar-refractivity contribution >= 4 is 0 Å². The fourth-order valence-electron chi connectivity index (χ4n) is 2.79. The largest absolute Gasteiger partial charge is 0.633 e. The Balaban J connectivity index is 1.97. The topological polar surface area (TPSA) is 23.1 Å². The third-order valence-electron chi connectivity index (χ3n) is 3.56. The van der Waals surface area contributed by atoms with Gasteiger partial charge >= 0.3 is 0 Å². The molecule has 1 saturated heterocycles. The smallest absolute Gasteiger partial charge is 0.0887 e. The molecule has 0 aromatic rings. The van der Waals surface area contributed by atoms with Crippen LogP contribution in [0.3, 0.4) is 0 Å². The lowest BCUT2D eigenvalue weighted by Gasteiger charge is -2.50. The molecule has 0 N–H and O–H groups in total. The molecule has 1 aliphatic carbocycles. The highest BCUT2D eigenvalue weighted by Crippen LogP contribution is 2.31. The summed E-state index contributed by atoms with van der Waals surface area (Å²) >= 11 is 0. The molecule has 2 heteroatoms. The van der Waals surface area contributed by atoms with Crippen LogP contribution in [0.1, 0.15) is 44.9 Å². The third kappa shape index (κ3) is 1.50. The Hall–Kier alpha value is -0.0800. The van der Waals surface area contributed by atoms with E-state index in [1.807, 2.05) is 0 Å². The molecule has 12 heavy (non-hydrogen) atoms. The van der Waals surface area contributed by atoms with Gasteiger partial charge < -0.3 is 9.85 Å². The summed E-state index contributed by atoms with van der Waals surface area (Å²) in [6.45, 7) is 1.81. The molecule has 0 bridgehead atoms. The Morgan fingerprint density at radius 2 is 1.42 bits per heavy atom. The van der Waals surface area contributed by atoms with Crippen molar-refractivity contribution in [3.05, 3.63) is 5.21 Å². The van der Waals surface area contributed by atoms with Crippen LogP contribution in [-0.2, 0) is 0 Å². The van der Waals surface area contributed by atoms with Crippen LogP contribution in [0, 0.1) is 5.21 Å². The number of hydrogen-bond acceptors (Lipinski definition) is 1. The van der Waals surface area contributed by atoms with Crippen LogP contribution in [-0.4, -0.2) is 23.8 Å². The zero-order valence-corrected chi connectivity index (χ0v) is 7.80. The van der Waals surface area contributed by atoms with E-state index < -0.39 is 0 Å². The van der Waals surface area contributed by atoms with Gasteiger partial charge in [0.25, 0.3) is 0 Å². The highest BCUT2D eigenvalue weighted by Gasteiger charge is 2.32. The van der Waals surface area contributed by atoms with Crippen LogP contribution < -0.4 is 0 Å². The van der Waals surface area contributed by atoms with E-state index in [1.165, 1.54) is 44.9 Å². The minimum Gasteiger partial charge on any atom is -0.633 e. The number of piperidine rings is 1. The van der Waals surface area contributed by atoms with Gasteiger partial charge in [-0.05, 0) is 44.9 Å². The van der Waals surface area contributed by atoms with Gasteiger partial charge in [0, 0.05) is 0 Å². The van der Waals surface area contributed by atoms with Gasteiger partial charge in [-0.25, -0.2) is 0 Å². The summed E-state index contributed by atoms with van der Waals surface area (Å²) in [4.78, 5) is 0. The molecule has 0 amide bonds. The van der Waals surface area contributed by atoms with Gasteiger partial charge in [0.1, 0.15) is 0 Å². The second-order valence-electron chi connectivity index (χ2n) is 4.40. The maximum absolute atomic E-state index is 12.3. The van der Waals surface area contributed by atoms with Crippen molar-refractivity contribution in [3.63, 3.8) is 0 Å². The lowest BCUT2D eigenvalue weighted by atomic mass is 10.1. The molecule has 0 radical (unpaired) electrons. The van der Waals surface area contributed by atoms with Gasteiger partial charge in [0.05, 0.1) is 19.1 Å². The Kier molecular flexibility index (Phi) is 2.37. The second kappa shape index (κ2) is 3.35. The van der Waals surface area contributed by atoms with Crippen molar-refractivity contribution in [2.45, 2.75) is 51.0 Å². The van der Waals surface area contributed by atoms with Gasteiger partial charge in [-0.3, -0.25) is 0 Å². The highest BCUT2D eigenvalue weighted by atomic mass is 16.5. The maximum atomic E-state index is 12.3. The van der Waals surface area contributed by atoms with E-state index in [9.17, 15) is 5.21 Å². The summed E-state index contributed by atoms with van der Waals surface area (Å²) in [5.74, 6) is 0. The second-order valence-corrected chi connectivity index (χ2v) is 4.40. The van der Waals surface area contributed by atoms with Crippen molar-refractivity contribution < 1.29 is 4.65 Å². The molecule has 70 valence electrons. The summed E-state index contributed by atoms with van der Waals surface area (Å²) in [5.41, 5.74) is 0. The number of likely N-dealkylation sites (tertiary alicyclic amines) is 1. The van der Waals surface area contributed by atoms with Crippen molar-refractivity contribution in [1.29, 1.82) is 0 Å². The first kappa shape index (κ1) is 8.52. The van der Waals surface area contributed by atoms with E-state index >= 15 is 0 Å². The molecule has 0 atom stereocenters. The Labute approximate surface area is 74.7 Å². The number of quaternary nitrogens is 1. The van der Waals surface area contributed by atoms with Crippen molar-refractivity contribution in [2.24, 2.45) is 0 Å². The molecule has 2 aliphatic rings. The zero-order chi connectivity index (χ0) is 8.44. The monoisotopic (exact) mass is 169 g/mol. The lowest BCUT2D eigenvalue weighted by Crippen LogP contribution is -2.52. The molecule has 2 rings (SSSR count). The average molecular weight is 169 g/mol. The minimum atomic E-state index is 0.167. The maximum Gasteiger partial charge on any atom is 0.0887 e. The van der Waals surface area contributed by atoms with Crippen molar-refractivity contribution in [1.82, 2.24) is 0 Å². The molecule has 1 saturated carbocycles. The molecular weight excluding hydrogens is 150 g/mol. The summed E-state index contributed by atoms with van der Waals surface area (Å²) < 4.78 is 0.167. The van der Waals surface area contributed by atoms with Gasteiger partial charge in [-0.15, -0.1) is 0 Å². The first-order valence-corrected chi connectivity index (χ1v) is 5.39. The first-order valence-electron chi connectivity index (χ1n) is 5.39. The third-order valence-corrected chi connectivity index (χ3v) is 3.56. The van der Waals surface area contributed by atoms with Gasteiger partial charge in [0.2, 0.25) is 0 Å². The van der Waals surface area contributed by atoms with Crippen LogP contribution in [0.4, 0.5) is 0 Å². The number of nitrogens with zero attached hydrogens (tertiary/aromatic N) is 1. The predicted octanol–water partition coefficient (Wildman–Crippen LogP) is 2.43. The molecule has 0 aromatic heterocycles. The van der Waals surface area contributed by atoms with Crippen LogP contribution in [0.25, 0.3) is 0 Å². The van der Waals surface area contributed by atoms with Crippen molar-refractivity contribution in [2.75, 3.05) is 13.1 Å². The minimum absolute atomic E-state index is 0.167. The number of rotatable bonds is 1. The molecule has 1 aliphatic heterocycles. The summed E-state index contributed by atoms with van der Waals surface area (Å²) in [6.07, 6.45) is 8.61. The number of hydrogen-bond donors (Lipinski definition) is 0. The lowest BCUT2D eigenvalue weighted by molar-refractivity contribution is -0.909. The Bertz CT molecular complexity index is 146. The van der Waals surface area contributed by atoms with Crippen LogP contribution in [0.2, 0.25) is 0 Å². The van der Waals surface area contributed by atoms with Crippen LogP contribution in [0.5, 0.6) is 0 Å². The SMILES string of the molecule is [O-][N+]1(C2CCCC2)CCCCC1. The van der Waals surface area contributed by atoms with E-state index in [4.69, 9.17) is 0 Å². The fourth-order valence-corrected chi connectivity index (χ4v) is 2.79. The summed E-state index contributed by atoms with van der Waals surface area (Å²) in [7, 11) is 0. The Morgan fingerprint density at radius 1 is 0.833 bits per heavy atom. The summed E-state index contributed by atoms with van der Waals surface area (Å²) in [6, 6.07) is 0.477. The fraction of sp³-hybridized carbons (Fsp3) is 1.00. The van der Waals surface area contributed by atoms with E-state index in [-0.39, 0.29) is 4.65 Å². The van der Waals surface area contributed by atoms with Gasteiger partial charge in [-0.2, -0.15) is 0 Å².